The zero-order chi connectivity index (χ0) is 15.7. The van der Waals surface area contributed by atoms with Crippen LogP contribution in [0.1, 0.15) is 24.3 Å². The van der Waals surface area contributed by atoms with Crippen molar-refractivity contribution in [1.29, 1.82) is 0 Å². The molecule has 2 heterocycles. The summed E-state index contributed by atoms with van der Waals surface area (Å²) in [5.41, 5.74) is 2.43. The van der Waals surface area contributed by atoms with E-state index in [0.717, 1.165) is 12.1 Å². The van der Waals surface area contributed by atoms with Gasteiger partial charge in [-0.1, -0.05) is 19.6 Å². The highest BCUT2D eigenvalue weighted by atomic mass is 28.3. The van der Waals surface area contributed by atoms with Crippen LogP contribution >= 0.6 is 0 Å². The Morgan fingerprint density at radius 1 is 1.32 bits per heavy atom. The number of hydrogen-bond acceptors (Lipinski definition) is 3. The molecule has 0 bridgehead atoms. The Bertz CT molecular complexity index is 656. The Kier molecular flexibility index (Phi) is 4.28. The molecule has 0 unspecified atom stereocenters. The second kappa shape index (κ2) is 6.05. The van der Waals surface area contributed by atoms with Crippen LogP contribution in [0.2, 0.25) is 25.7 Å². The SMILES string of the molecule is COc1ncc(C2CC2)c2ccn(COCC[Si](C)(C)C)c12. The zero-order valence-electron chi connectivity index (χ0n) is 14.1. The lowest BCUT2D eigenvalue weighted by Gasteiger charge is -2.16. The molecule has 2 aromatic rings. The average Bonchev–Trinajstić information content (AvgIpc) is 3.22. The highest BCUT2D eigenvalue weighted by Gasteiger charge is 2.27. The van der Waals surface area contributed by atoms with Crippen molar-refractivity contribution in [2.45, 2.75) is 51.2 Å². The lowest BCUT2D eigenvalue weighted by atomic mass is 10.1. The number of hydrogen-bond donors (Lipinski definition) is 0. The van der Waals surface area contributed by atoms with Crippen LogP contribution in [0.25, 0.3) is 10.9 Å². The number of nitrogens with zero attached hydrogens (tertiary/aromatic N) is 2. The first-order valence-electron chi connectivity index (χ1n) is 8.09. The number of pyridine rings is 1. The minimum absolute atomic E-state index is 0.570. The van der Waals surface area contributed by atoms with Crippen molar-refractivity contribution < 1.29 is 9.47 Å². The van der Waals surface area contributed by atoms with Crippen LogP contribution in [0, 0.1) is 0 Å². The summed E-state index contributed by atoms with van der Waals surface area (Å²) >= 11 is 0. The summed E-state index contributed by atoms with van der Waals surface area (Å²) in [6.45, 7) is 8.51. The van der Waals surface area contributed by atoms with Crippen molar-refractivity contribution in [2.24, 2.45) is 0 Å². The topological polar surface area (TPSA) is 36.3 Å². The number of fused-ring (bicyclic) bond motifs is 1. The predicted molar refractivity (Wildman–Crippen MR) is 92.4 cm³/mol. The third-order valence-corrected chi connectivity index (χ3v) is 5.94. The first-order chi connectivity index (χ1) is 10.5. The van der Waals surface area contributed by atoms with E-state index in [0.29, 0.717) is 18.5 Å². The molecule has 4 nitrogen and oxygen atoms in total. The van der Waals surface area contributed by atoms with Gasteiger partial charge in [0.1, 0.15) is 12.2 Å². The van der Waals surface area contributed by atoms with Crippen LogP contribution in [0.5, 0.6) is 5.88 Å². The van der Waals surface area contributed by atoms with E-state index in [4.69, 9.17) is 9.47 Å². The number of aromatic nitrogens is 2. The van der Waals surface area contributed by atoms with E-state index in [-0.39, 0.29) is 0 Å². The fourth-order valence-corrected chi connectivity index (χ4v) is 3.48. The van der Waals surface area contributed by atoms with Gasteiger partial charge in [-0.3, -0.25) is 0 Å². The Balaban J connectivity index is 1.79. The van der Waals surface area contributed by atoms with Gasteiger partial charge >= 0.3 is 0 Å². The Morgan fingerprint density at radius 3 is 2.73 bits per heavy atom. The molecule has 0 radical (unpaired) electrons. The van der Waals surface area contributed by atoms with Gasteiger partial charge in [0.2, 0.25) is 5.88 Å². The molecule has 0 saturated heterocycles. The van der Waals surface area contributed by atoms with Crippen molar-refractivity contribution >= 4 is 19.0 Å². The third-order valence-electron chi connectivity index (χ3n) is 4.24. The molecule has 1 aliphatic carbocycles. The van der Waals surface area contributed by atoms with Gasteiger partial charge in [0.25, 0.3) is 0 Å². The summed E-state index contributed by atoms with van der Waals surface area (Å²) in [5, 5.41) is 1.27. The molecule has 0 aliphatic heterocycles. The molecule has 2 aromatic heterocycles. The van der Waals surface area contributed by atoms with Crippen molar-refractivity contribution in [3.05, 3.63) is 24.0 Å². The molecule has 0 atom stereocenters. The third kappa shape index (κ3) is 3.36. The summed E-state index contributed by atoms with van der Waals surface area (Å²) in [6.07, 6.45) is 6.63. The van der Waals surface area contributed by atoms with Crippen molar-refractivity contribution in [1.82, 2.24) is 9.55 Å². The second-order valence-corrected chi connectivity index (χ2v) is 13.0. The molecule has 120 valence electrons. The summed E-state index contributed by atoms with van der Waals surface area (Å²) in [6, 6.07) is 3.37. The maximum Gasteiger partial charge on any atom is 0.238 e. The van der Waals surface area contributed by atoms with Gasteiger partial charge in [0.15, 0.2) is 0 Å². The first-order valence-corrected chi connectivity index (χ1v) is 11.8. The van der Waals surface area contributed by atoms with Gasteiger partial charge in [-0.05, 0) is 36.4 Å². The fraction of sp³-hybridized carbons (Fsp3) is 0.588. The predicted octanol–water partition coefficient (Wildman–Crippen LogP) is 4.23. The molecule has 3 rings (SSSR count). The maximum absolute atomic E-state index is 5.89. The Labute approximate surface area is 133 Å². The number of ether oxygens (including phenoxy) is 2. The molecule has 1 fully saturated rings. The zero-order valence-corrected chi connectivity index (χ0v) is 15.1. The standard InChI is InChI=1S/C17H26N2O2Si/c1-20-17-16-14(15(11-18-17)13-5-6-13)7-8-19(16)12-21-9-10-22(2,3)4/h7-8,11,13H,5-6,9-10,12H2,1-4H3. The molecule has 5 heteroatoms. The summed E-state index contributed by atoms with van der Waals surface area (Å²) < 4.78 is 13.5. The normalized spacial score (nSPS) is 15.5. The second-order valence-electron chi connectivity index (χ2n) is 7.39. The van der Waals surface area contributed by atoms with E-state index < -0.39 is 8.07 Å². The Morgan fingerprint density at radius 2 is 2.09 bits per heavy atom. The van der Waals surface area contributed by atoms with Crippen molar-refractivity contribution in [3.8, 4) is 5.88 Å². The molecule has 0 spiro atoms. The van der Waals surface area contributed by atoms with Gasteiger partial charge in [-0.2, -0.15) is 0 Å². The number of rotatable bonds is 7. The highest BCUT2D eigenvalue weighted by Crippen LogP contribution is 2.44. The fourth-order valence-electron chi connectivity index (χ4n) is 2.72. The van der Waals surface area contributed by atoms with Crippen LogP contribution < -0.4 is 4.74 Å². The summed E-state index contributed by atoms with van der Waals surface area (Å²) in [4.78, 5) is 4.50. The van der Waals surface area contributed by atoms with Crippen molar-refractivity contribution in [3.63, 3.8) is 0 Å². The van der Waals surface area contributed by atoms with E-state index in [9.17, 15) is 0 Å². The van der Waals surface area contributed by atoms with Gasteiger partial charge in [-0.25, -0.2) is 4.98 Å². The lowest BCUT2D eigenvalue weighted by molar-refractivity contribution is 0.0899. The van der Waals surface area contributed by atoms with Crippen LogP contribution in [0.15, 0.2) is 18.5 Å². The molecule has 0 aromatic carbocycles. The van der Waals surface area contributed by atoms with Crippen molar-refractivity contribution in [2.75, 3.05) is 13.7 Å². The largest absolute Gasteiger partial charge is 0.479 e. The summed E-state index contributed by atoms with van der Waals surface area (Å²) in [7, 11) is 0.645. The molecule has 1 saturated carbocycles. The average molecular weight is 318 g/mol. The van der Waals surface area contributed by atoms with Crippen LogP contribution in [0.4, 0.5) is 0 Å². The highest BCUT2D eigenvalue weighted by molar-refractivity contribution is 6.76. The number of methoxy groups -OCH3 is 1. The maximum atomic E-state index is 5.89. The van der Waals surface area contributed by atoms with Crippen LogP contribution in [-0.4, -0.2) is 31.3 Å². The van der Waals surface area contributed by atoms with E-state index in [1.165, 1.54) is 29.8 Å². The van der Waals surface area contributed by atoms with Gasteiger partial charge in [-0.15, -0.1) is 0 Å². The van der Waals surface area contributed by atoms with Gasteiger partial charge in [0.05, 0.1) is 7.11 Å². The van der Waals surface area contributed by atoms with E-state index in [1.54, 1.807) is 7.11 Å². The molecule has 22 heavy (non-hydrogen) atoms. The first kappa shape index (κ1) is 15.6. The minimum atomic E-state index is -1.04. The molecule has 0 amide bonds. The molecule has 0 N–H and O–H groups in total. The molecule has 1 aliphatic rings. The minimum Gasteiger partial charge on any atom is -0.479 e. The van der Waals surface area contributed by atoms with E-state index in [1.807, 2.05) is 6.20 Å². The monoisotopic (exact) mass is 318 g/mol. The quantitative estimate of drug-likeness (QED) is 0.566. The molecular weight excluding hydrogens is 292 g/mol. The van der Waals surface area contributed by atoms with E-state index >= 15 is 0 Å². The Hall–Kier alpha value is -1.33. The van der Waals surface area contributed by atoms with Gasteiger partial charge < -0.3 is 14.0 Å². The molecular formula is C17H26N2O2Si. The van der Waals surface area contributed by atoms with E-state index in [2.05, 4.69) is 41.5 Å². The van der Waals surface area contributed by atoms with Crippen LogP contribution in [0.3, 0.4) is 0 Å². The smallest absolute Gasteiger partial charge is 0.238 e. The lowest BCUT2D eigenvalue weighted by Crippen LogP contribution is -2.22. The summed E-state index contributed by atoms with van der Waals surface area (Å²) in [5.74, 6) is 1.38. The van der Waals surface area contributed by atoms with Crippen LogP contribution in [-0.2, 0) is 11.5 Å². The van der Waals surface area contributed by atoms with Gasteiger partial charge in [0, 0.05) is 32.5 Å².